The topological polar surface area (TPSA) is 79.4 Å². The van der Waals surface area contributed by atoms with Crippen molar-refractivity contribution < 1.29 is 0 Å². The van der Waals surface area contributed by atoms with Crippen LogP contribution in [-0.4, -0.2) is 31.7 Å². The van der Waals surface area contributed by atoms with Crippen molar-refractivity contribution in [2.45, 2.75) is 19.8 Å². The lowest BCUT2D eigenvalue weighted by molar-refractivity contribution is 0.800. The molecule has 0 aliphatic carbocycles. The van der Waals surface area contributed by atoms with Gasteiger partial charge in [-0.05, 0) is 13.3 Å². The smallest absolute Gasteiger partial charge is 0.222 e. The average Bonchev–Trinajstić information content (AvgIpc) is 2.73. The second-order valence-electron chi connectivity index (χ2n) is 3.59. The van der Waals surface area contributed by atoms with E-state index in [0.717, 1.165) is 31.0 Å². The molecule has 0 saturated heterocycles. The molecule has 7 heteroatoms. The van der Waals surface area contributed by atoms with E-state index in [2.05, 4.69) is 30.5 Å². The van der Waals surface area contributed by atoms with Crippen LogP contribution < -0.4 is 5.32 Å². The normalized spacial score (nSPS) is 10.5. The van der Waals surface area contributed by atoms with Crippen molar-refractivity contribution in [2.24, 2.45) is 0 Å². The van der Waals surface area contributed by atoms with Crippen LogP contribution in [-0.2, 0) is 6.42 Å². The van der Waals surface area contributed by atoms with Gasteiger partial charge in [0.25, 0.3) is 0 Å². The van der Waals surface area contributed by atoms with Gasteiger partial charge in [-0.15, -0.1) is 0 Å². The van der Waals surface area contributed by atoms with Crippen LogP contribution in [0.5, 0.6) is 0 Å². The van der Waals surface area contributed by atoms with Crippen LogP contribution in [0.15, 0.2) is 12.4 Å². The second kappa shape index (κ2) is 5.58. The largest absolute Gasteiger partial charge is 0.354 e. The van der Waals surface area contributed by atoms with Crippen LogP contribution in [0, 0.1) is 6.92 Å². The molecule has 0 spiro atoms. The van der Waals surface area contributed by atoms with E-state index < -0.39 is 0 Å². The van der Waals surface area contributed by atoms with Gasteiger partial charge in [-0.2, -0.15) is 5.10 Å². The van der Waals surface area contributed by atoms with Gasteiger partial charge in [0.05, 0.1) is 17.4 Å². The number of nitrogens with one attached hydrogen (secondary N) is 2. The summed E-state index contributed by atoms with van der Waals surface area (Å²) in [6, 6.07) is 0. The Morgan fingerprint density at radius 2 is 2.12 bits per heavy atom. The van der Waals surface area contributed by atoms with Crippen molar-refractivity contribution >= 4 is 17.5 Å². The Labute approximate surface area is 104 Å². The van der Waals surface area contributed by atoms with Crippen LogP contribution in [0.25, 0.3) is 0 Å². The lowest BCUT2D eigenvalue weighted by Gasteiger charge is -2.02. The van der Waals surface area contributed by atoms with Gasteiger partial charge >= 0.3 is 0 Å². The van der Waals surface area contributed by atoms with E-state index in [1.54, 1.807) is 12.4 Å². The number of aromatic nitrogens is 5. The molecule has 0 aliphatic heterocycles. The maximum Gasteiger partial charge on any atom is 0.222 e. The highest BCUT2D eigenvalue weighted by atomic mass is 35.5. The van der Waals surface area contributed by atoms with Gasteiger partial charge in [-0.25, -0.2) is 15.0 Å². The summed E-state index contributed by atoms with van der Waals surface area (Å²) in [4.78, 5) is 12.3. The fraction of sp³-hybridized carbons (Fsp3) is 0.400. The van der Waals surface area contributed by atoms with Crippen molar-refractivity contribution in [3.8, 4) is 0 Å². The average molecular weight is 253 g/mol. The molecule has 2 rings (SSSR count). The second-order valence-corrected chi connectivity index (χ2v) is 4.03. The van der Waals surface area contributed by atoms with E-state index in [-0.39, 0.29) is 0 Å². The molecule has 0 fully saturated rings. The van der Waals surface area contributed by atoms with Crippen LogP contribution in [0.1, 0.15) is 18.1 Å². The summed E-state index contributed by atoms with van der Waals surface area (Å²) in [5.74, 6) is 2.26. The number of nitrogens with zero attached hydrogens (tertiary/aromatic N) is 4. The zero-order valence-corrected chi connectivity index (χ0v) is 10.2. The minimum atomic E-state index is 0.534. The summed E-state index contributed by atoms with van der Waals surface area (Å²) >= 11 is 5.68. The lowest BCUT2D eigenvalue weighted by atomic mass is 10.3. The quantitative estimate of drug-likeness (QED) is 0.791. The summed E-state index contributed by atoms with van der Waals surface area (Å²) in [5, 5.41) is 10.5. The number of aromatic amines is 1. The molecule has 0 saturated carbocycles. The Morgan fingerprint density at radius 1 is 1.35 bits per heavy atom. The van der Waals surface area contributed by atoms with Crippen molar-refractivity contribution in [1.29, 1.82) is 0 Å². The number of anilines is 1. The highest BCUT2D eigenvalue weighted by Gasteiger charge is 2.00. The summed E-state index contributed by atoms with van der Waals surface area (Å²) < 4.78 is 0. The summed E-state index contributed by atoms with van der Waals surface area (Å²) in [6.45, 7) is 2.66. The number of halogens is 1. The first-order valence-electron chi connectivity index (χ1n) is 5.33. The monoisotopic (exact) mass is 252 g/mol. The zero-order chi connectivity index (χ0) is 12.1. The Kier molecular flexibility index (Phi) is 3.87. The van der Waals surface area contributed by atoms with E-state index in [9.17, 15) is 0 Å². The van der Waals surface area contributed by atoms with Gasteiger partial charge < -0.3 is 5.32 Å². The highest BCUT2D eigenvalue weighted by molar-refractivity contribution is 6.30. The lowest BCUT2D eigenvalue weighted by Crippen LogP contribution is -2.06. The maximum atomic E-state index is 5.68. The Hall–Kier alpha value is -1.69. The van der Waals surface area contributed by atoms with E-state index in [1.807, 2.05) is 6.92 Å². The molecular formula is C10H13ClN6. The van der Waals surface area contributed by atoms with Crippen molar-refractivity contribution in [3.05, 3.63) is 29.1 Å². The van der Waals surface area contributed by atoms with Crippen molar-refractivity contribution in [3.63, 3.8) is 0 Å². The minimum absolute atomic E-state index is 0.534. The van der Waals surface area contributed by atoms with E-state index >= 15 is 0 Å². The predicted octanol–water partition coefficient (Wildman–Crippen LogP) is 1.60. The number of hydrogen-bond acceptors (Lipinski definition) is 5. The molecule has 0 atom stereocenters. The van der Waals surface area contributed by atoms with Gasteiger partial charge in [0.1, 0.15) is 5.82 Å². The fourth-order valence-corrected chi connectivity index (χ4v) is 1.45. The first-order valence-corrected chi connectivity index (χ1v) is 5.71. The van der Waals surface area contributed by atoms with Crippen LogP contribution in [0.3, 0.4) is 0 Å². The third kappa shape index (κ3) is 3.67. The molecule has 2 N–H and O–H groups in total. The molecule has 0 unspecified atom stereocenters. The van der Waals surface area contributed by atoms with Crippen LogP contribution >= 0.6 is 11.6 Å². The maximum absolute atomic E-state index is 5.68. The summed E-state index contributed by atoms with van der Waals surface area (Å²) in [5.41, 5.74) is 0. The van der Waals surface area contributed by atoms with E-state index in [1.165, 1.54) is 0 Å². The van der Waals surface area contributed by atoms with Crippen molar-refractivity contribution in [2.75, 3.05) is 11.9 Å². The molecular weight excluding hydrogens is 240 g/mol. The summed E-state index contributed by atoms with van der Waals surface area (Å²) in [6.07, 6.45) is 4.87. The molecule has 0 radical (unpaired) electrons. The molecule has 2 aromatic rings. The predicted molar refractivity (Wildman–Crippen MR) is 65.0 cm³/mol. The molecule has 2 heterocycles. The molecule has 90 valence electrons. The first-order chi connectivity index (χ1) is 8.24. The molecule has 2 aromatic heterocycles. The van der Waals surface area contributed by atoms with Gasteiger partial charge in [-0.3, -0.25) is 5.10 Å². The molecule has 0 amide bonds. The van der Waals surface area contributed by atoms with Crippen LogP contribution in [0.2, 0.25) is 5.02 Å². The minimum Gasteiger partial charge on any atom is -0.354 e. The highest BCUT2D eigenvalue weighted by Crippen LogP contribution is 2.05. The third-order valence-corrected chi connectivity index (χ3v) is 2.32. The van der Waals surface area contributed by atoms with E-state index in [0.29, 0.717) is 11.0 Å². The number of rotatable bonds is 5. The van der Waals surface area contributed by atoms with Gasteiger partial charge in [-0.1, -0.05) is 11.6 Å². The summed E-state index contributed by atoms with van der Waals surface area (Å²) in [7, 11) is 0. The van der Waals surface area contributed by atoms with Gasteiger partial charge in [0, 0.05) is 13.0 Å². The third-order valence-electron chi connectivity index (χ3n) is 2.12. The Bertz CT molecular complexity index is 466. The van der Waals surface area contributed by atoms with Gasteiger partial charge in [0.15, 0.2) is 5.82 Å². The van der Waals surface area contributed by atoms with E-state index in [4.69, 9.17) is 11.6 Å². The molecule has 0 bridgehead atoms. The van der Waals surface area contributed by atoms with Gasteiger partial charge in [0.2, 0.25) is 5.95 Å². The van der Waals surface area contributed by atoms with Crippen molar-refractivity contribution in [1.82, 2.24) is 25.1 Å². The number of aryl methyl sites for hydroxylation is 2. The standard InChI is InChI=1S/C10H13ClN6/c1-7-15-9(17-16-7)3-2-4-12-10-13-5-8(11)6-14-10/h5-6H,2-4H2,1H3,(H,12,13,14)(H,15,16,17). The molecule has 0 aromatic carbocycles. The van der Waals surface area contributed by atoms with Crippen LogP contribution in [0.4, 0.5) is 5.95 Å². The molecule has 17 heavy (non-hydrogen) atoms. The number of H-pyrrole nitrogens is 1. The first kappa shape index (κ1) is 11.8. The Morgan fingerprint density at radius 3 is 2.76 bits per heavy atom. The number of hydrogen-bond donors (Lipinski definition) is 2. The zero-order valence-electron chi connectivity index (χ0n) is 9.44. The molecule has 0 aliphatic rings. The molecule has 6 nitrogen and oxygen atoms in total. The SMILES string of the molecule is Cc1nc(CCCNc2ncc(Cl)cn2)n[nH]1. The Balaban J connectivity index is 1.71. The fourth-order valence-electron chi connectivity index (χ4n) is 1.35.